The van der Waals surface area contributed by atoms with Crippen LogP contribution in [0.4, 0.5) is 0 Å². The summed E-state index contributed by atoms with van der Waals surface area (Å²) in [6.07, 6.45) is 1.35. The summed E-state index contributed by atoms with van der Waals surface area (Å²) in [5, 5.41) is 19.1. The van der Waals surface area contributed by atoms with Crippen molar-refractivity contribution in [1.82, 2.24) is 10.6 Å². The van der Waals surface area contributed by atoms with Crippen LogP contribution in [0.1, 0.15) is 19.8 Å². The molecule has 3 N–H and O–H groups in total. The van der Waals surface area contributed by atoms with Gasteiger partial charge in [0.05, 0.1) is 0 Å². The van der Waals surface area contributed by atoms with Gasteiger partial charge in [-0.15, -0.1) is 0 Å². The lowest BCUT2D eigenvalue weighted by molar-refractivity contribution is -0.149. The summed E-state index contributed by atoms with van der Waals surface area (Å²) in [4.78, 5) is 14.2. The number of piperidine rings is 1. The van der Waals surface area contributed by atoms with Crippen molar-refractivity contribution in [3.05, 3.63) is 10.4 Å². The Labute approximate surface area is 100 Å². The fourth-order valence-electron chi connectivity index (χ4n) is 2.40. The van der Waals surface area contributed by atoms with E-state index in [-0.39, 0.29) is 12.5 Å². The van der Waals surface area contributed by atoms with E-state index in [2.05, 4.69) is 20.7 Å². The Kier molecular flexibility index (Phi) is 5.21. The molecular formula is C10H19N5O2. The molecule has 0 aliphatic carbocycles. The van der Waals surface area contributed by atoms with Gasteiger partial charge in [0, 0.05) is 30.5 Å². The third kappa shape index (κ3) is 3.09. The van der Waals surface area contributed by atoms with Crippen LogP contribution < -0.4 is 10.6 Å². The van der Waals surface area contributed by atoms with Crippen molar-refractivity contribution in [2.45, 2.75) is 25.3 Å². The molecule has 1 aliphatic rings. The van der Waals surface area contributed by atoms with E-state index in [0.717, 1.165) is 6.42 Å². The summed E-state index contributed by atoms with van der Waals surface area (Å²) in [7, 11) is 0. The van der Waals surface area contributed by atoms with Gasteiger partial charge in [-0.1, -0.05) is 12.0 Å². The Morgan fingerprint density at radius 2 is 2.53 bits per heavy atom. The van der Waals surface area contributed by atoms with Crippen LogP contribution in [0.3, 0.4) is 0 Å². The van der Waals surface area contributed by atoms with Crippen LogP contribution in [0.5, 0.6) is 0 Å². The van der Waals surface area contributed by atoms with E-state index < -0.39 is 11.5 Å². The average molecular weight is 241 g/mol. The Morgan fingerprint density at radius 3 is 3.12 bits per heavy atom. The lowest BCUT2D eigenvalue weighted by Gasteiger charge is -2.41. The van der Waals surface area contributed by atoms with Crippen molar-refractivity contribution in [3.63, 3.8) is 0 Å². The number of rotatable bonds is 6. The first-order valence-corrected chi connectivity index (χ1v) is 5.87. The van der Waals surface area contributed by atoms with E-state index in [4.69, 9.17) is 5.53 Å². The van der Waals surface area contributed by atoms with Gasteiger partial charge in [-0.3, -0.25) is 4.79 Å². The highest BCUT2D eigenvalue weighted by molar-refractivity contribution is 5.79. The Morgan fingerprint density at radius 1 is 1.76 bits per heavy atom. The summed E-state index contributed by atoms with van der Waals surface area (Å²) in [6, 6.07) is 0. The van der Waals surface area contributed by atoms with Crippen LogP contribution in [-0.4, -0.2) is 42.8 Å². The molecule has 96 valence electrons. The van der Waals surface area contributed by atoms with Crippen LogP contribution in [0.15, 0.2) is 5.11 Å². The third-order valence-electron chi connectivity index (χ3n) is 3.37. The molecule has 0 amide bonds. The molecule has 1 rings (SSSR count). The fraction of sp³-hybridized carbons (Fsp3) is 0.900. The second-order valence-corrected chi connectivity index (χ2v) is 4.22. The van der Waals surface area contributed by atoms with E-state index in [9.17, 15) is 9.90 Å². The van der Waals surface area contributed by atoms with Gasteiger partial charge >= 0.3 is 5.97 Å². The average Bonchev–Trinajstić information content (AvgIpc) is 2.34. The number of aliphatic carboxylic acids is 1. The van der Waals surface area contributed by atoms with E-state index in [0.29, 0.717) is 26.1 Å². The van der Waals surface area contributed by atoms with Crippen LogP contribution in [0.25, 0.3) is 10.4 Å². The molecule has 7 heteroatoms. The van der Waals surface area contributed by atoms with Gasteiger partial charge in [-0.2, -0.15) is 0 Å². The second kappa shape index (κ2) is 6.44. The highest BCUT2D eigenvalue weighted by atomic mass is 16.4. The first-order chi connectivity index (χ1) is 8.17. The minimum Gasteiger partial charge on any atom is -0.480 e. The molecule has 1 saturated heterocycles. The van der Waals surface area contributed by atoms with Gasteiger partial charge in [-0.25, -0.2) is 0 Å². The molecule has 1 fully saturated rings. The molecule has 0 spiro atoms. The molecule has 7 nitrogen and oxygen atoms in total. The molecule has 17 heavy (non-hydrogen) atoms. The number of carbonyl (C=O) groups is 1. The molecule has 0 aromatic heterocycles. The predicted octanol–water partition coefficient (Wildman–Crippen LogP) is 0.729. The van der Waals surface area contributed by atoms with Crippen molar-refractivity contribution < 1.29 is 9.90 Å². The van der Waals surface area contributed by atoms with Crippen molar-refractivity contribution in [1.29, 1.82) is 0 Å². The highest BCUT2D eigenvalue weighted by Gasteiger charge is 2.45. The number of carboxylic acids is 1. The van der Waals surface area contributed by atoms with Gasteiger partial charge in [0.15, 0.2) is 0 Å². The van der Waals surface area contributed by atoms with Crippen LogP contribution in [0, 0.1) is 5.92 Å². The number of azide groups is 1. The lowest BCUT2D eigenvalue weighted by Crippen LogP contribution is -2.63. The quantitative estimate of drug-likeness (QED) is 0.275. The molecule has 0 radical (unpaired) electrons. The topological polar surface area (TPSA) is 110 Å². The number of nitrogens with one attached hydrogen (secondary N) is 2. The van der Waals surface area contributed by atoms with Crippen LogP contribution >= 0.6 is 0 Å². The van der Waals surface area contributed by atoms with Crippen LogP contribution in [0.2, 0.25) is 0 Å². The summed E-state index contributed by atoms with van der Waals surface area (Å²) in [5.41, 5.74) is 7.30. The molecule has 0 aromatic carbocycles. The third-order valence-corrected chi connectivity index (χ3v) is 3.37. The Bertz CT molecular complexity index is 316. The number of hydrogen-bond donors (Lipinski definition) is 3. The molecule has 2 unspecified atom stereocenters. The lowest BCUT2D eigenvalue weighted by atomic mass is 9.77. The molecule has 0 bridgehead atoms. The van der Waals surface area contributed by atoms with Gasteiger partial charge in [0.25, 0.3) is 0 Å². The molecule has 1 aliphatic heterocycles. The minimum atomic E-state index is -0.884. The Hall–Kier alpha value is -1.30. The zero-order chi connectivity index (χ0) is 12.7. The van der Waals surface area contributed by atoms with E-state index in [1.165, 1.54) is 0 Å². The predicted molar refractivity (Wildman–Crippen MR) is 63.7 cm³/mol. The number of nitrogens with zero attached hydrogens (tertiary/aromatic N) is 3. The summed E-state index contributed by atoms with van der Waals surface area (Å²) >= 11 is 0. The smallest absolute Gasteiger partial charge is 0.324 e. The summed E-state index contributed by atoms with van der Waals surface area (Å²) in [6.45, 7) is 4.06. The maximum absolute atomic E-state index is 11.5. The zero-order valence-electron chi connectivity index (χ0n) is 10.0. The molecule has 2 atom stereocenters. The zero-order valence-corrected chi connectivity index (χ0v) is 10.0. The van der Waals surface area contributed by atoms with E-state index in [1.807, 2.05) is 6.92 Å². The summed E-state index contributed by atoms with van der Waals surface area (Å²) in [5.74, 6) is -0.758. The van der Waals surface area contributed by atoms with Crippen molar-refractivity contribution in [2.24, 2.45) is 11.0 Å². The van der Waals surface area contributed by atoms with Crippen molar-refractivity contribution >= 4 is 5.97 Å². The Balaban J connectivity index is 2.71. The van der Waals surface area contributed by atoms with E-state index >= 15 is 0 Å². The van der Waals surface area contributed by atoms with Crippen molar-refractivity contribution in [2.75, 3.05) is 26.2 Å². The van der Waals surface area contributed by atoms with E-state index in [1.54, 1.807) is 0 Å². The monoisotopic (exact) mass is 241 g/mol. The van der Waals surface area contributed by atoms with Crippen molar-refractivity contribution in [3.8, 4) is 0 Å². The maximum Gasteiger partial charge on any atom is 0.324 e. The highest BCUT2D eigenvalue weighted by Crippen LogP contribution is 2.27. The first-order valence-electron chi connectivity index (χ1n) is 5.87. The second-order valence-electron chi connectivity index (χ2n) is 4.22. The largest absolute Gasteiger partial charge is 0.480 e. The molecule has 0 aromatic rings. The fourth-order valence-corrected chi connectivity index (χ4v) is 2.40. The standard InChI is InChI=1S/C10H19N5O2/c1-2-8-7-12-4-3-10(8,9(16)17)13-5-6-14-15-11/h8,12-13H,2-7H2,1H3,(H,16,17). The molecular weight excluding hydrogens is 222 g/mol. The maximum atomic E-state index is 11.5. The normalized spacial score (nSPS) is 28.4. The summed E-state index contributed by atoms with van der Waals surface area (Å²) < 4.78 is 0. The minimum absolute atomic E-state index is 0.0554. The molecule has 1 heterocycles. The van der Waals surface area contributed by atoms with Gasteiger partial charge in [0.1, 0.15) is 5.54 Å². The SMILES string of the molecule is CCC1CNCCC1(NCCN=[N+]=[N-])C(=O)O. The van der Waals surface area contributed by atoms with Gasteiger partial charge in [-0.05, 0) is 24.9 Å². The van der Waals surface area contributed by atoms with Gasteiger partial charge < -0.3 is 15.7 Å². The van der Waals surface area contributed by atoms with Crippen LogP contribution in [-0.2, 0) is 4.79 Å². The number of hydrogen-bond acceptors (Lipinski definition) is 4. The van der Waals surface area contributed by atoms with Gasteiger partial charge in [0.2, 0.25) is 0 Å². The molecule has 0 saturated carbocycles. The first kappa shape index (κ1) is 13.8. The number of carboxylic acid groups (broad SMARTS) is 1.